The normalized spacial score (nSPS) is 10.5. The van der Waals surface area contributed by atoms with Crippen LogP contribution in [0.4, 0.5) is 0 Å². The van der Waals surface area contributed by atoms with E-state index in [1.54, 1.807) is 7.11 Å². The Morgan fingerprint density at radius 2 is 2.00 bits per heavy atom. The van der Waals surface area contributed by atoms with Crippen LogP contribution in [0.5, 0.6) is 5.75 Å². The molecule has 0 bridgehead atoms. The summed E-state index contributed by atoms with van der Waals surface area (Å²) in [5.74, 6) is 0.994. The third-order valence-corrected chi connectivity index (χ3v) is 2.91. The molecule has 0 saturated carbocycles. The highest BCUT2D eigenvalue weighted by Gasteiger charge is 2.03. The summed E-state index contributed by atoms with van der Waals surface area (Å²) in [6, 6.07) is 6.54. The topological polar surface area (TPSA) is 21.3 Å². The van der Waals surface area contributed by atoms with Crippen molar-refractivity contribution in [3.8, 4) is 5.75 Å². The van der Waals surface area contributed by atoms with Gasteiger partial charge >= 0.3 is 0 Å². The third-order valence-electron chi connectivity index (χ3n) is 2.91. The van der Waals surface area contributed by atoms with E-state index in [2.05, 4.69) is 37.4 Å². The summed E-state index contributed by atoms with van der Waals surface area (Å²) in [6.07, 6.45) is 4.84. The van der Waals surface area contributed by atoms with Crippen molar-refractivity contribution in [3.05, 3.63) is 29.3 Å². The fourth-order valence-electron chi connectivity index (χ4n) is 1.91. The van der Waals surface area contributed by atoms with Crippen LogP contribution in [0.1, 0.15) is 44.2 Å². The first-order chi connectivity index (χ1) is 8.31. The first-order valence-electron chi connectivity index (χ1n) is 6.68. The maximum atomic E-state index is 5.40. The summed E-state index contributed by atoms with van der Waals surface area (Å²) in [6.45, 7) is 6.37. The quantitative estimate of drug-likeness (QED) is 0.696. The Morgan fingerprint density at radius 1 is 1.18 bits per heavy atom. The highest BCUT2D eigenvalue weighted by atomic mass is 16.5. The molecule has 2 nitrogen and oxygen atoms in total. The summed E-state index contributed by atoms with van der Waals surface area (Å²) in [4.78, 5) is 0. The average molecular weight is 235 g/mol. The number of hydrogen-bond acceptors (Lipinski definition) is 2. The second-order valence-corrected chi connectivity index (χ2v) is 4.43. The van der Waals surface area contributed by atoms with Crippen LogP contribution in [-0.4, -0.2) is 13.7 Å². The van der Waals surface area contributed by atoms with E-state index in [4.69, 9.17) is 4.74 Å². The number of benzene rings is 1. The minimum atomic E-state index is 0.900. The van der Waals surface area contributed by atoms with Crippen LogP contribution in [0.15, 0.2) is 18.2 Å². The molecule has 0 radical (unpaired) electrons. The Hall–Kier alpha value is -1.02. The minimum Gasteiger partial charge on any atom is -0.496 e. The standard InChI is InChI=1S/C15H25NO/c1-4-6-7-13-8-9-15(17-3)14(11-13)12-16-10-5-2/h8-9,11,16H,4-7,10,12H2,1-3H3. The largest absolute Gasteiger partial charge is 0.496 e. The smallest absolute Gasteiger partial charge is 0.123 e. The van der Waals surface area contributed by atoms with E-state index in [1.165, 1.54) is 30.4 Å². The molecule has 1 N–H and O–H groups in total. The van der Waals surface area contributed by atoms with Gasteiger partial charge < -0.3 is 10.1 Å². The van der Waals surface area contributed by atoms with Gasteiger partial charge in [0.1, 0.15) is 5.75 Å². The number of rotatable bonds is 8. The molecule has 0 aromatic heterocycles. The van der Waals surface area contributed by atoms with Crippen molar-refractivity contribution in [2.75, 3.05) is 13.7 Å². The van der Waals surface area contributed by atoms with Gasteiger partial charge in [0.15, 0.2) is 0 Å². The summed E-state index contributed by atoms with van der Waals surface area (Å²) in [5, 5.41) is 3.43. The second-order valence-electron chi connectivity index (χ2n) is 4.43. The molecule has 17 heavy (non-hydrogen) atoms. The Morgan fingerprint density at radius 3 is 2.65 bits per heavy atom. The molecule has 0 heterocycles. The molecule has 0 fully saturated rings. The monoisotopic (exact) mass is 235 g/mol. The van der Waals surface area contributed by atoms with Crippen molar-refractivity contribution < 1.29 is 4.74 Å². The Balaban J connectivity index is 2.68. The Labute approximate surface area is 105 Å². The van der Waals surface area contributed by atoms with Gasteiger partial charge in [-0.2, -0.15) is 0 Å². The molecule has 2 heteroatoms. The SMILES string of the molecule is CCCCc1ccc(OC)c(CNCCC)c1. The molecule has 1 aromatic rings. The van der Waals surface area contributed by atoms with Crippen molar-refractivity contribution in [1.82, 2.24) is 5.32 Å². The lowest BCUT2D eigenvalue weighted by atomic mass is 10.0. The van der Waals surface area contributed by atoms with E-state index in [1.807, 2.05) is 0 Å². The highest BCUT2D eigenvalue weighted by Crippen LogP contribution is 2.20. The Bertz CT molecular complexity index is 323. The number of aryl methyl sites for hydroxylation is 1. The molecule has 1 rings (SSSR count). The van der Waals surface area contributed by atoms with Crippen LogP contribution < -0.4 is 10.1 Å². The molecule has 0 atom stereocenters. The number of hydrogen-bond donors (Lipinski definition) is 1. The first-order valence-corrected chi connectivity index (χ1v) is 6.68. The van der Waals surface area contributed by atoms with Crippen LogP contribution >= 0.6 is 0 Å². The molecule has 0 aliphatic rings. The summed E-state index contributed by atoms with van der Waals surface area (Å²) >= 11 is 0. The molecule has 0 unspecified atom stereocenters. The minimum absolute atomic E-state index is 0.900. The lowest BCUT2D eigenvalue weighted by Crippen LogP contribution is -2.14. The van der Waals surface area contributed by atoms with E-state index in [0.29, 0.717) is 0 Å². The zero-order valence-corrected chi connectivity index (χ0v) is 11.4. The molecule has 0 saturated heterocycles. The summed E-state index contributed by atoms with van der Waals surface area (Å²) in [5.41, 5.74) is 2.69. The van der Waals surface area contributed by atoms with Crippen molar-refractivity contribution in [1.29, 1.82) is 0 Å². The number of nitrogens with one attached hydrogen (secondary N) is 1. The van der Waals surface area contributed by atoms with Crippen molar-refractivity contribution >= 4 is 0 Å². The predicted octanol–water partition coefficient (Wildman–Crippen LogP) is 3.54. The van der Waals surface area contributed by atoms with Gasteiger partial charge in [0.25, 0.3) is 0 Å². The third kappa shape index (κ3) is 4.78. The molecule has 0 amide bonds. The lowest BCUT2D eigenvalue weighted by molar-refractivity contribution is 0.407. The molecule has 0 aliphatic carbocycles. The van der Waals surface area contributed by atoms with Crippen molar-refractivity contribution in [3.63, 3.8) is 0 Å². The fraction of sp³-hybridized carbons (Fsp3) is 0.600. The Kier molecular flexibility index (Phi) is 6.71. The predicted molar refractivity (Wildman–Crippen MR) is 73.6 cm³/mol. The van der Waals surface area contributed by atoms with Gasteiger partial charge in [0.05, 0.1) is 7.11 Å². The number of unbranched alkanes of at least 4 members (excludes halogenated alkanes) is 1. The maximum Gasteiger partial charge on any atom is 0.123 e. The van der Waals surface area contributed by atoms with E-state index in [-0.39, 0.29) is 0 Å². The van der Waals surface area contributed by atoms with Gasteiger partial charge in [0.2, 0.25) is 0 Å². The zero-order valence-electron chi connectivity index (χ0n) is 11.4. The summed E-state index contributed by atoms with van der Waals surface area (Å²) < 4.78 is 5.40. The van der Waals surface area contributed by atoms with Crippen molar-refractivity contribution in [2.45, 2.75) is 46.1 Å². The van der Waals surface area contributed by atoms with Gasteiger partial charge in [-0.3, -0.25) is 0 Å². The van der Waals surface area contributed by atoms with E-state index in [0.717, 1.165) is 25.3 Å². The van der Waals surface area contributed by atoms with Gasteiger partial charge in [-0.05, 0) is 37.4 Å². The van der Waals surface area contributed by atoms with Crippen LogP contribution in [0.2, 0.25) is 0 Å². The maximum absolute atomic E-state index is 5.40. The van der Waals surface area contributed by atoms with Gasteiger partial charge in [-0.25, -0.2) is 0 Å². The van der Waals surface area contributed by atoms with Crippen LogP contribution in [0.25, 0.3) is 0 Å². The van der Waals surface area contributed by atoms with E-state index in [9.17, 15) is 0 Å². The van der Waals surface area contributed by atoms with Crippen molar-refractivity contribution in [2.24, 2.45) is 0 Å². The summed E-state index contributed by atoms with van der Waals surface area (Å²) in [7, 11) is 1.74. The van der Waals surface area contributed by atoms with Crippen LogP contribution in [-0.2, 0) is 13.0 Å². The molecular formula is C15H25NO. The van der Waals surface area contributed by atoms with E-state index >= 15 is 0 Å². The molecule has 0 aliphatic heterocycles. The average Bonchev–Trinajstić information content (AvgIpc) is 2.37. The van der Waals surface area contributed by atoms with Gasteiger partial charge in [-0.1, -0.05) is 32.4 Å². The lowest BCUT2D eigenvalue weighted by Gasteiger charge is -2.11. The van der Waals surface area contributed by atoms with E-state index < -0.39 is 0 Å². The molecule has 96 valence electrons. The number of methoxy groups -OCH3 is 1. The van der Waals surface area contributed by atoms with Gasteiger partial charge in [-0.15, -0.1) is 0 Å². The molecule has 1 aromatic carbocycles. The van der Waals surface area contributed by atoms with Gasteiger partial charge in [0, 0.05) is 12.1 Å². The zero-order chi connectivity index (χ0) is 12.5. The molecule has 0 spiro atoms. The number of ether oxygens (including phenoxy) is 1. The van der Waals surface area contributed by atoms with Crippen LogP contribution in [0, 0.1) is 0 Å². The van der Waals surface area contributed by atoms with Crippen LogP contribution in [0.3, 0.4) is 0 Å². The highest BCUT2D eigenvalue weighted by molar-refractivity contribution is 5.37. The second kappa shape index (κ2) is 8.13. The molecular weight excluding hydrogens is 210 g/mol. The fourth-order valence-corrected chi connectivity index (χ4v) is 1.91. The first kappa shape index (κ1) is 14.0.